The predicted octanol–water partition coefficient (Wildman–Crippen LogP) is -0.555. The van der Waals surface area contributed by atoms with E-state index >= 15 is 0 Å². The molecular weight excluding hydrogens is 174 g/mol. The number of hydrogen-bond acceptors (Lipinski definition) is 5. The van der Waals surface area contributed by atoms with Gasteiger partial charge in [0, 0.05) is 6.54 Å². The number of furan rings is 1. The molecule has 2 atom stereocenters. The summed E-state index contributed by atoms with van der Waals surface area (Å²) in [4.78, 5) is 10.2. The van der Waals surface area contributed by atoms with Crippen LogP contribution >= 0.6 is 0 Å². The van der Waals surface area contributed by atoms with E-state index in [0.29, 0.717) is 6.29 Å². The molecule has 0 aromatic carbocycles. The van der Waals surface area contributed by atoms with E-state index in [1.807, 2.05) is 0 Å². The molecule has 0 fully saturated rings. The second-order valence-corrected chi connectivity index (χ2v) is 2.61. The molecule has 1 heterocycles. The van der Waals surface area contributed by atoms with Crippen LogP contribution in [0.3, 0.4) is 0 Å². The number of hydrogen-bond donors (Lipinski definition) is 3. The van der Waals surface area contributed by atoms with E-state index in [2.05, 4.69) is 0 Å². The summed E-state index contributed by atoms with van der Waals surface area (Å²) < 4.78 is 4.88. The molecule has 4 N–H and O–H groups in total. The minimum absolute atomic E-state index is 0.0711. The zero-order chi connectivity index (χ0) is 9.84. The summed E-state index contributed by atoms with van der Waals surface area (Å²) in [6, 6.07) is 2.84. The van der Waals surface area contributed by atoms with Gasteiger partial charge in [-0.2, -0.15) is 0 Å². The predicted molar refractivity (Wildman–Crippen MR) is 44.1 cm³/mol. The van der Waals surface area contributed by atoms with Crippen LogP contribution in [0, 0.1) is 0 Å². The van der Waals surface area contributed by atoms with Gasteiger partial charge in [0.05, 0.1) is 6.10 Å². The van der Waals surface area contributed by atoms with Crippen molar-refractivity contribution < 1.29 is 19.4 Å². The fourth-order valence-corrected chi connectivity index (χ4v) is 0.909. The van der Waals surface area contributed by atoms with E-state index in [9.17, 15) is 9.90 Å². The highest BCUT2D eigenvalue weighted by Gasteiger charge is 2.19. The zero-order valence-corrected chi connectivity index (χ0v) is 6.88. The number of nitrogens with two attached hydrogens (primary N) is 1. The van der Waals surface area contributed by atoms with E-state index < -0.39 is 12.2 Å². The first-order chi connectivity index (χ1) is 6.19. The molecule has 72 valence electrons. The van der Waals surface area contributed by atoms with E-state index in [1.54, 1.807) is 0 Å². The van der Waals surface area contributed by atoms with E-state index in [1.165, 1.54) is 12.1 Å². The number of rotatable bonds is 4. The number of carbonyl (C=O) groups excluding carboxylic acids is 1. The Labute approximate surface area is 74.8 Å². The van der Waals surface area contributed by atoms with Crippen molar-refractivity contribution in [3.05, 3.63) is 23.7 Å². The second-order valence-electron chi connectivity index (χ2n) is 2.61. The first-order valence-corrected chi connectivity index (χ1v) is 3.80. The Hall–Kier alpha value is -1.17. The molecule has 1 aromatic rings. The Morgan fingerprint density at radius 1 is 1.54 bits per heavy atom. The molecule has 0 aliphatic rings. The number of aldehydes is 1. The molecule has 5 nitrogen and oxygen atoms in total. The monoisotopic (exact) mass is 185 g/mol. The largest absolute Gasteiger partial charge is 0.455 e. The molecule has 2 unspecified atom stereocenters. The Balaban J connectivity index is 2.76. The molecule has 0 radical (unpaired) electrons. The van der Waals surface area contributed by atoms with Crippen molar-refractivity contribution >= 4 is 6.29 Å². The zero-order valence-electron chi connectivity index (χ0n) is 6.88. The third-order valence-electron chi connectivity index (χ3n) is 1.66. The number of aliphatic hydroxyl groups is 2. The topological polar surface area (TPSA) is 96.7 Å². The molecule has 0 saturated heterocycles. The Bertz CT molecular complexity index is 283. The highest BCUT2D eigenvalue weighted by atomic mass is 16.4. The molecule has 1 rings (SSSR count). The first kappa shape index (κ1) is 9.91. The van der Waals surface area contributed by atoms with E-state index in [4.69, 9.17) is 15.3 Å². The molecule has 0 bridgehead atoms. The van der Waals surface area contributed by atoms with E-state index in [0.717, 1.165) is 0 Å². The fourth-order valence-electron chi connectivity index (χ4n) is 0.909. The van der Waals surface area contributed by atoms with Crippen molar-refractivity contribution in [3.63, 3.8) is 0 Å². The molecule has 5 heteroatoms. The van der Waals surface area contributed by atoms with Gasteiger partial charge >= 0.3 is 0 Å². The summed E-state index contributed by atoms with van der Waals surface area (Å²) in [5.41, 5.74) is 5.13. The van der Waals surface area contributed by atoms with Gasteiger partial charge in [-0.3, -0.25) is 4.79 Å². The Morgan fingerprint density at radius 3 is 2.69 bits per heavy atom. The number of carbonyl (C=O) groups is 1. The van der Waals surface area contributed by atoms with Crippen LogP contribution in [0.2, 0.25) is 0 Å². The maximum atomic E-state index is 10.2. The maximum Gasteiger partial charge on any atom is 0.185 e. The van der Waals surface area contributed by atoms with Gasteiger partial charge in [0.15, 0.2) is 12.0 Å². The first-order valence-electron chi connectivity index (χ1n) is 3.80. The quantitative estimate of drug-likeness (QED) is 0.546. The van der Waals surface area contributed by atoms with Crippen LogP contribution in [-0.2, 0) is 0 Å². The minimum Gasteiger partial charge on any atom is -0.455 e. The number of aliphatic hydroxyl groups excluding tert-OH is 2. The smallest absolute Gasteiger partial charge is 0.185 e. The Morgan fingerprint density at radius 2 is 2.23 bits per heavy atom. The van der Waals surface area contributed by atoms with Crippen molar-refractivity contribution in [2.75, 3.05) is 6.54 Å². The summed E-state index contributed by atoms with van der Waals surface area (Å²) >= 11 is 0. The lowest BCUT2D eigenvalue weighted by Crippen LogP contribution is -2.26. The lowest BCUT2D eigenvalue weighted by Gasteiger charge is -2.12. The van der Waals surface area contributed by atoms with Crippen LogP contribution in [0.1, 0.15) is 22.4 Å². The van der Waals surface area contributed by atoms with Crippen molar-refractivity contribution in [1.29, 1.82) is 0 Å². The molecule has 0 saturated carbocycles. The molecule has 0 spiro atoms. The van der Waals surface area contributed by atoms with Gasteiger partial charge < -0.3 is 20.4 Å². The molecule has 0 aliphatic carbocycles. The maximum absolute atomic E-state index is 10.2. The molecular formula is C8H11NO4. The molecule has 13 heavy (non-hydrogen) atoms. The second kappa shape index (κ2) is 4.18. The van der Waals surface area contributed by atoms with Gasteiger partial charge in [-0.25, -0.2) is 0 Å². The molecule has 0 amide bonds. The Kier molecular flexibility index (Phi) is 3.18. The van der Waals surface area contributed by atoms with Crippen LogP contribution in [0.15, 0.2) is 16.5 Å². The summed E-state index contributed by atoms with van der Waals surface area (Å²) in [5.74, 6) is 0.248. The molecule has 1 aromatic heterocycles. The van der Waals surface area contributed by atoms with Gasteiger partial charge in [-0.15, -0.1) is 0 Å². The summed E-state index contributed by atoms with van der Waals surface area (Å²) in [7, 11) is 0. The van der Waals surface area contributed by atoms with E-state index in [-0.39, 0.29) is 18.1 Å². The third-order valence-corrected chi connectivity index (χ3v) is 1.66. The highest BCUT2D eigenvalue weighted by Crippen LogP contribution is 2.18. The van der Waals surface area contributed by atoms with Gasteiger partial charge in [-0.05, 0) is 12.1 Å². The van der Waals surface area contributed by atoms with Gasteiger partial charge in [0.25, 0.3) is 0 Å². The average molecular weight is 185 g/mol. The van der Waals surface area contributed by atoms with Crippen molar-refractivity contribution in [1.82, 2.24) is 0 Å². The fraction of sp³-hybridized carbons (Fsp3) is 0.375. The lowest BCUT2D eigenvalue weighted by atomic mass is 10.1. The minimum atomic E-state index is -1.18. The van der Waals surface area contributed by atoms with Gasteiger partial charge in [-0.1, -0.05) is 0 Å². The molecule has 0 aliphatic heterocycles. The highest BCUT2D eigenvalue weighted by molar-refractivity contribution is 5.70. The van der Waals surface area contributed by atoms with Crippen LogP contribution in [-0.4, -0.2) is 29.1 Å². The van der Waals surface area contributed by atoms with Gasteiger partial charge in [0.1, 0.15) is 11.9 Å². The third kappa shape index (κ3) is 2.15. The van der Waals surface area contributed by atoms with Gasteiger partial charge in [0.2, 0.25) is 0 Å². The summed E-state index contributed by atoms with van der Waals surface area (Å²) in [5, 5.41) is 18.5. The van der Waals surface area contributed by atoms with Crippen molar-refractivity contribution in [2.45, 2.75) is 12.2 Å². The summed E-state index contributed by atoms with van der Waals surface area (Å²) in [6.45, 7) is -0.0711. The normalized spacial score (nSPS) is 15.3. The summed E-state index contributed by atoms with van der Waals surface area (Å²) in [6.07, 6.45) is -1.74. The van der Waals surface area contributed by atoms with Crippen LogP contribution in [0.4, 0.5) is 0 Å². The lowest BCUT2D eigenvalue weighted by molar-refractivity contribution is 0.0108. The van der Waals surface area contributed by atoms with Crippen molar-refractivity contribution in [3.8, 4) is 0 Å². The van der Waals surface area contributed by atoms with Crippen LogP contribution < -0.4 is 5.73 Å². The van der Waals surface area contributed by atoms with Crippen LogP contribution in [0.5, 0.6) is 0 Å². The SMILES string of the molecule is NCC(O)C(O)c1ccc(C=O)o1. The van der Waals surface area contributed by atoms with Crippen molar-refractivity contribution in [2.24, 2.45) is 5.73 Å². The standard InChI is InChI=1S/C8H11NO4/c9-3-6(11)8(12)7-2-1-5(4-10)13-7/h1-2,4,6,8,11-12H,3,9H2. The average Bonchev–Trinajstić information content (AvgIpc) is 2.63. The van der Waals surface area contributed by atoms with Crippen LogP contribution in [0.25, 0.3) is 0 Å².